The molecule has 0 heterocycles. The second kappa shape index (κ2) is 7.84. The van der Waals surface area contributed by atoms with Crippen LogP contribution < -0.4 is 5.32 Å². The van der Waals surface area contributed by atoms with Crippen LogP contribution in [0.25, 0.3) is 0 Å². The summed E-state index contributed by atoms with van der Waals surface area (Å²) in [6, 6.07) is 0.570. The molecule has 1 N–H and O–H groups in total. The van der Waals surface area contributed by atoms with Crippen LogP contribution in [0.4, 0.5) is 0 Å². The van der Waals surface area contributed by atoms with Crippen molar-refractivity contribution < 1.29 is 0 Å². The Morgan fingerprint density at radius 1 is 1.29 bits per heavy atom. The van der Waals surface area contributed by atoms with Crippen LogP contribution in [0.15, 0.2) is 0 Å². The molecule has 14 heavy (non-hydrogen) atoms. The number of hydrogen-bond donors (Lipinski definition) is 1. The summed E-state index contributed by atoms with van der Waals surface area (Å²) in [5, 5.41) is 3.97. The smallest absolute Gasteiger partial charge is 0.0489 e. The minimum Gasteiger partial charge on any atom is -0.312 e. The van der Waals surface area contributed by atoms with Crippen LogP contribution >= 0.6 is 23.4 Å². The molecule has 84 valence electrons. The van der Waals surface area contributed by atoms with Crippen LogP contribution in [-0.2, 0) is 0 Å². The van der Waals surface area contributed by atoms with Gasteiger partial charge < -0.3 is 5.32 Å². The fraction of sp³-hybridized carbons (Fsp3) is 1.00. The molecule has 2 atom stereocenters. The fourth-order valence-corrected chi connectivity index (χ4v) is 2.80. The molecule has 1 rings (SSSR count). The Balaban J connectivity index is 2.13. The molecule has 0 aromatic rings. The number of nitrogens with one attached hydrogen (secondary N) is 1. The molecule has 1 fully saturated rings. The van der Waals surface area contributed by atoms with Gasteiger partial charge in [-0.3, -0.25) is 0 Å². The van der Waals surface area contributed by atoms with E-state index in [1.165, 1.54) is 44.3 Å². The lowest BCUT2D eigenvalue weighted by atomic mass is 10.1. The van der Waals surface area contributed by atoms with Gasteiger partial charge in [0.1, 0.15) is 0 Å². The van der Waals surface area contributed by atoms with Gasteiger partial charge in [0, 0.05) is 11.4 Å². The molecule has 0 bridgehead atoms. The topological polar surface area (TPSA) is 12.0 Å². The van der Waals surface area contributed by atoms with Crippen LogP contribution in [0.2, 0.25) is 0 Å². The summed E-state index contributed by atoms with van der Waals surface area (Å²) in [5.74, 6) is 1.26. The highest BCUT2D eigenvalue weighted by atomic mass is 35.5. The lowest BCUT2D eigenvalue weighted by molar-refractivity contribution is 0.467. The first-order valence-corrected chi connectivity index (χ1v) is 7.54. The van der Waals surface area contributed by atoms with Crippen LogP contribution in [0.1, 0.15) is 38.5 Å². The van der Waals surface area contributed by atoms with E-state index in [0.717, 1.165) is 6.54 Å². The average molecular weight is 236 g/mol. The molecule has 0 amide bonds. The largest absolute Gasteiger partial charge is 0.312 e. The summed E-state index contributed by atoms with van der Waals surface area (Å²) in [7, 11) is 0. The summed E-state index contributed by atoms with van der Waals surface area (Å²) < 4.78 is 0. The van der Waals surface area contributed by atoms with E-state index in [4.69, 9.17) is 11.6 Å². The van der Waals surface area contributed by atoms with Gasteiger partial charge in [-0.1, -0.05) is 19.3 Å². The molecule has 1 aliphatic carbocycles. The molecule has 0 aromatic heterocycles. The summed E-state index contributed by atoms with van der Waals surface area (Å²) >= 11 is 8.25. The summed E-state index contributed by atoms with van der Waals surface area (Å²) in [4.78, 5) is 0. The lowest BCUT2D eigenvalue weighted by Crippen LogP contribution is -2.37. The first kappa shape index (κ1) is 12.7. The van der Waals surface area contributed by atoms with E-state index < -0.39 is 0 Å². The third kappa shape index (κ3) is 4.90. The molecule has 1 aliphatic rings. The molecule has 1 nitrogen and oxygen atoms in total. The van der Waals surface area contributed by atoms with Crippen LogP contribution in [-0.4, -0.2) is 30.0 Å². The predicted molar refractivity (Wildman–Crippen MR) is 67.5 cm³/mol. The molecule has 2 unspecified atom stereocenters. The Labute approximate surface area is 97.4 Å². The molecule has 0 saturated heterocycles. The molecule has 0 radical (unpaired) electrons. The van der Waals surface area contributed by atoms with Crippen molar-refractivity contribution in [2.75, 3.05) is 18.6 Å². The Morgan fingerprint density at radius 3 is 2.86 bits per heavy atom. The van der Waals surface area contributed by atoms with Gasteiger partial charge in [-0.25, -0.2) is 0 Å². The van der Waals surface area contributed by atoms with Crippen molar-refractivity contribution in [1.29, 1.82) is 0 Å². The Morgan fingerprint density at radius 2 is 2.07 bits per heavy atom. The minimum absolute atomic E-state index is 0.367. The van der Waals surface area contributed by atoms with E-state index in [2.05, 4.69) is 11.6 Å². The van der Waals surface area contributed by atoms with E-state index in [-0.39, 0.29) is 0 Å². The zero-order valence-electron chi connectivity index (χ0n) is 9.10. The molecule has 1 saturated carbocycles. The summed E-state index contributed by atoms with van der Waals surface area (Å²) in [6.45, 7) is 1.13. The van der Waals surface area contributed by atoms with Crippen molar-refractivity contribution >= 4 is 23.4 Å². The molecule has 0 aromatic carbocycles. The van der Waals surface area contributed by atoms with E-state index in [1.54, 1.807) is 0 Å². The predicted octanol–water partition coefficient (Wildman–Crippen LogP) is 3.27. The van der Waals surface area contributed by atoms with E-state index >= 15 is 0 Å². The highest BCUT2D eigenvalue weighted by Gasteiger charge is 2.20. The van der Waals surface area contributed by atoms with Crippen LogP contribution in [0, 0.1) is 0 Å². The Hall–Kier alpha value is 0.600. The standard InChI is InChI=1S/C11H22ClNS/c1-14-9-5-8-13-11-7-4-2-3-6-10(11)12/h10-11,13H,2-9H2,1H3. The van der Waals surface area contributed by atoms with Crippen molar-refractivity contribution in [3.05, 3.63) is 0 Å². The second-order valence-electron chi connectivity index (χ2n) is 4.06. The van der Waals surface area contributed by atoms with Crippen LogP contribution in [0.5, 0.6) is 0 Å². The number of thioether (sulfide) groups is 1. The number of hydrogen-bond acceptors (Lipinski definition) is 2. The third-order valence-corrected chi connectivity index (χ3v) is 4.08. The van der Waals surface area contributed by atoms with Crippen molar-refractivity contribution in [2.45, 2.75) is 49.9 Å². The van der Waals surface area contributed by atoms with E-state index in [9.17, 15) is 0 Å². The molecule has 3 heteroatoms. The molecular weight excluding hydrogens is 214 g/mol. The number of rotatable bonds is 5. The Kier molecular flexibility index (Phi) is 7.09. The van der Waals surface area contributed by atoms with Gasteiger partial charge in [-0.15, -0.1) is 11.6 Å². The molecular formula is C11H22ClNS. The Bertz CT molecular complexity index is 143. The molecule has 0 spiro atoms. The number of alkyl halides is 1. The number of halogens is 1. The van der Waals surface area contributed by atoms with Gasteiger partial charge in [0.15, 0.2) is 0 Å². The maximum absolute atomic E-state index is 6.33. The lowest BCUT2D eigenvalue weighted by Gasteiger charge is -2.21. The minimum atomic E-state index is 0.367. The third-order valence-electron chi connectivity index (χ3n) is 2.86. The van der Waals surface area contributed by atoms with E-state index in [1.807, 2.05) is 11.8 Å². The van der Waals surface area contributed by atoms with Gasteiger partial charge in [0.2, 0.25) is 0 Å². The maximum Gasteiger partial charge on any atom is 0.0489 e. The van der Waals surface area contributed by atoms with Crippen molar-refractivity contribution in [2.24, 2.45) is 0 Å². The highest BCUT2D eigenvalue weighted by molar-refractivity contribution is 7.98. The molecule has 0 aliphatic heterocycles. The quantitative estimate of drug-likeness (QED) is 0.446. The summed E-state index contributed by atoms with van der Waals surface area (Å²) in [6.07, 6.45) is 9.93. The van der Waals surface area contributed by atoms with Crippen LogP contribution in [0.3, 0.4) is 0 Å². The second-order valence-corrected chi connectivity index (χ2v) is 5.61. The fourth-order valence-electron chi connectivity index (χ4n) is 2.00. The van der Waals surface area contributed by atoms with Crippen molar-refractivity contribution in [3.8, 4) is 0 Å². The van der Waals surface area contributed by atoms with Gasteiger partial charge in [-0.2, -0.15) is 11.8 Å². The zero-order valence-corrected chi connectivity index (χ0v) is 10.7. The summed E-state index contributed by atoms with van der Waals surface area (Å²) in [5.41, 5.74) is 0. The SMILES string of the molecule is CSCCCNC1CCCCCC1Cl. The zero-order chi connectivity index (χ0) is 10.2. The normalized spacial score (nSPS) is 28.7. The first-order chi connectivity index (χ1) is 6.84. The monoisotopic (exact) mass is 235 g/mol. The van der Waals surface area contributed by atoms with Gasteiger partial charge in [0.25, 0.3) is 0 Å². The van der Waals surface area contributed by atoms with Gasteiger partial charge in [0.05, 0.1) is 0 Å². The van der Waals surface area contributed by atoms with Crippen molar-refractivity contribution in [1.82, 2.24) is 5.32 Å². The van der Waals surface area contributed by atoms with Crippen molar-refractivity contribution in [3.63, 3.8) is 0 Å². The highest BCUT2D eigenvalue weighted by Crippen LogP contribution is 2.22. The average Bonchev–Trinajstić information content (AvgIpc) is 2.39. The maximum atomic E-state index is 6.33. The van der Waals surface area contributed by atoms with E-state index in [0.29, 0.717) is 11.4 Å². The first-order valence-electron chi connectivity index (χ1n) is 5.71. The van der Waals surface area contributed by atoms with Gasteiger partial charge in [-0.05, 0) is 37.8 Å². The van der Waals surface area contributed by atoms with Gasteiger partial charge >= 0.3 is 0 Å².